The molecule has 0 aliphatic carbocycles. The topological polar surface area (TPSA) is 160 Å². The van der Waals surface area contributed by atoms with Gasteiger partial charge in [-0.15, -0.1) is 0 Å². The summed E-state index contributed by atoms with van der Waals surface area (Å²) >= 11 is 0. The maximum absolute atomic E-state index is 12.4. The molecule has 0 radical (unpaired) electrons. The van der Waals surface area contributed by atoms with E-state index in [0.717, 1.165) is 44.9 Å². The van der Waals surface area contributed by atoms with Crippen molar-refractivity contribution < 1.29 is 48.2 Å². The maximum atomic E-state index is 12.4. The molecule has 0 aliphatic heterocycles. The third kappa shape index (κ3) is 41.3. The van der Waals surface area contributed by atoms with Gasteiger partial charge in [0.2, 0.25) is 0 Å². The highest BCUT2D eigenvalue weighted by Gasteiger charge is 2.23. The third-order valence-corrected chi connectivity index (χ3v) is 9.70. The molecule has 0 aromatic rings. The second-order valence-corrected chi connectivity index (χ2v) is 16.0. The van der Waals surface area contributed by atoms with Crippen LogP contribution in [-0.2, 0) is 28.2 Å². The standard InChI is InChI=1S/C45H79O10P/c1-3-5-7-8-9-10-11-12-13-14-15-16-17-18-19-20-24-27-31-37-45(49)55-43(40-54-56(50,51)52)39-53-44(48)38-32-36-42(47)35-30-26-23-21-22-25-29-34-41(46)33-28-6-4-2/h12-13,22-23,25-26,29-30,34-35,41-43,46-47H,3-11,14-21,24,27-28,31-33,36-40H2,1-2H3,(H2,50,51,52)/b13-12-,25-22-,26-23-,34-29+,35-30+/t41-,42-,43+/m0/s1. The number of allylic oxidation sites excluding steroid dienone is 8. The predicted molar refractivity (Wildman–Crippen MR) is 228 cm³/mol. The molecular formula is C45H79O10P. The van der Waals surface area contributed by atoms with Crippen LogP contribution in [0.1, 0.15) is 181 Å². The van der Waals surface area contributed by atoms with Gasteiger partial charge in [0.15, 0.2) is 6.10 Å². The van der Waals surface area contributed by atoms with E-state index in [0.29, 0.717) is 25.7 Å². The van der Waals surface area contributed by atoms with Crippen LogP contribution in [0.5, 0.6) is 0 Å². The molecule has 3 atom stereocenters. The van der Waals surface area contributed by atoms with Crippen LogP contribution in [0.15, 0.2) is 60.8 Å². The summed E-state index contributed by atoms with van der Waals surface area (Å²) in [7, 11) is -4.81. The van der Waals surface area contributed by atoms with Crippen molar-refractivity contribution in [1.82, 2.24) is 0 Å². The zero-order valence-electron chi connectivity index (χ0n) is 35.0. The summed E-state index contributed by atoms with van der Waals surface area (Å²) < 4.78 is 26.3. The Morgan fingerprint density at radius 1 is 0.554 bits per heavy atom. The average Bonchev–Trinajstić information content (AvgIpc) is 3.15. The van der Waals surface area contributed by atoms with Crippen molar-refractivity contribution in [1.29, 1.82) is 0 Å². The van der Waals surface area contributed by atoms with E-state index in [2.05, 4.69) is 30.5 Å². The SMILES string of the molecule is CCCCCCCC/C=C\CCCCCCCCCCCC(=O)O[C@H](COC(=O)CCC[C@@H](O)/C=C/C=C\C/C=C\C=C\[C@@H](O)CCCCC)COP(=O)(O)O. The first-order valence-electron chi connectivity index (χ1n) is 21.8. The summed E-state index contributed by atoms with van der Waals surface area (Å²) in [6.07, 6.45) is 43.0. The van der Waals surface area contributed by atoms with Crippen LogP contribution >= 0.6 is 7.82 Å². The maximum Gasteiger partial charge on any atom is 0.469 e. The van der Waals surface area contributed by atoms with Crippen LogP contribution in [0.3, 0.4) is 0 Å². The highest BCUT2D eigenvalue weighted by atomic mass is 31.2. The van der Waals surface area contributed by atoms with Gasteiger partial charge >= 0.3 is 19.8 Å². The summed E-state index contributed by atoms with van der Waals surface area (Å²) in [6, 6.07) is 0. The van der Waals surface area contributed by atoms with E-state index in [1.165, 1.54) is 83.5 Å². The number of hydrogen-bond donors (Lipinski definition) is 4. The van der Waals surface area contributed by atoms with Gasteiger partial charge in [0.25, 0.3) is 0 Å². The molecule has 10 nitrogen and oxygen atoms in total. The zero-order chi connectivity index (χ0) is 41.4. The number of phosphoric ester groups is 1. The second-order valence-electron chi connectivity index (χ2n) is 14.7. The van der Waals surface area contributed by atoms with Crippen LogP contribution in [0.25, 0.3) is 0 Å². The lowest BCUT2D eigenvalue weighted by Gasteiger charge is -2.18. The van der Waals surface area contributed by atoms with Crippen molar-refractivity contribution in [3.63, 3.8) is 0 Å². The summed E-state index contributed by atoms with van der Waals surface area (Å²) in [6.45, 7) is 3.39. The minimum Gasteiger partial charge on any atom is -0.462 e. The minimum atomic E-state index is -4.81. The molecule has 0 spiro atoms. The van der Waals surface area contributed by atoms with Crippen LogP contribution < -0.4 is 0 Å². The zero-order valence-corrected chi connectivity index (χ0v) is 35.9. The number of carbonyl (C=O) groups is 2. The van der Waals surface area contributed by atoms with Crippen LogP contribution in [0.4, 0.5) is 0 Å². The van der Waals surface area contributed by atoms with E-state index in [-0.39, 0.29) is 12.8 Å². The van der Waals surface area contributed by atoms with Crippen molar-refractivity contribution in [3.8, 4) is 0 Å². The summed E-state index contributed by atoms with van der Waals surface area (Å²) in [5, 5.41) is 20.1. The molecule has 0 bridgehead atoms. The fraction of sp³-hybridized carbons (Fsp3) is 0.733. The quantitative estimate of drug-likeness (QED) is 0.0155. The summed E-state index contributed by atoms with van der Waals surface area (Å²) in [4.78, 5) is 42.9. The Morgan fingerprint density at radius 2 is 1.02 bits per heavy atom. The molecule has 0 aliphatic rings. The molecule has 0 saturated carbocycles. The van der Waals surface area contributed by atoms with Crippen molar-refractivity contribution in [2.45, 2.75) is 199 Å². The lowest BCUT2D eigenvalue weighted by molar-refractivity contribution is -0.161. The number of rotatable bonds is 39. The predicted octanol–water partition coefficient (Wildman–Crippen LogP) is 11.2. The molecule has 4 N–H and O–H groups in total. The van der Waals surface area contributed by atoms with Crippen molar-refractivity contribution in [2.75, 3.05) is 13.2 Å². The lowest BCUT2D eigenvalue weighted by Crippen LogP contribution is -2.29. The molecule has 0 saturated heterocycles. The van der Waals surface area contributed by atoms with Gasteiger partial charge in [-0.2, -0.15) is 0 Å². The van der Waals surface area contributed by atoms with Gasteiger partial charge in [-0.25, -0.2) is 4.57 Å². The van der Waals surface area contributed by atoms with Gasteiger partial charge in [-0.05, 0) is 57.8 Å². The first kappa shape index (κ1) is 53.7. The van der Waals surface area contributed by atoms with Crippen molar-refractivity contribution in [2.24, 2.45) is 0 Å². The van der Waals surface area contributed by atoms with E-state index in [9.17, 15) is 24.4 Å². The lowest BCUT2D eigenvalue weighted by atomic mass is 10.1. The monoisotopic (exact) mass is 811 g/mol. The normalized spacial score (nSPS) is 14.2. The van der Waals surface area contributed by atoms with Gasteiger partial charge < -0.3 is 29.5 Å². The number of aliphatic hydroxyl groups is 2. The van der Waals surface area contributed by atoms with Crippen molar-refractivity contribution in [3.05, 3.63) is 60.8 Å². The summed E-state index contributed by atoms with van der Waals surface area (Å²) in [5.41, 5.74) is 0. The van der Waals surface area contributed by atoms with Gasteiger partial charge in [-0.3, -0.25) is 14.1 Å². The highest BCUT2D eigenvalue weighted by molar-refractivity contribution is 7.46. The van der Waals surface area contributed by atoms with E-state index in [1.54, 1.807) is 18.2 Å². The fourth-order valence-electron chi connectivity index (χ4n) is 5.88. The first-order chi connectivity index (χ1) is 27.1. The first-order valence-corrected chi connectivity index (χ1v) is 23.3. The Bertz CT molecular complexity index is 1130. The van der Waals surface area contributed by atoms with E-state index in [1.807, 2.05) is 30.4 Å². The highest BCUT2D eigenvalue weighted by Crippen LogP contribution is 2.36. The molecule has 0 fully saturated rings. The molecule has 56 heavy (non-hydrogen) atoms. The Balaban J connectivity index is 4.12. The number of esters is 2. The van der Waals surface area contributed by atoms with Crippen molar-refractivity contribution >= 4 is 19.8 Å². The molecule has 0 aromatic heterocycles. The molecule has 0 heterocycles. The number of hydrogen-bond acceptors (Lipinski definition) is 8. The van der Waals surface area contributed by atoms with Crippen LogP contribution in [0.2, 0.25) is 0 Å². The average molecular weight is 811 g/mol. The number of unbranched alkanes of at least 4 members (excludes halogenated alkanes) is 17. The number of carbonyl (C=O) groups excluding carboxylic acids is 2. The number of phosphoric acid groups is 1. The molecule has 11 heteroatoms. The molecule has 324 valence electrons. The smallest absolute Gasteiger partial charge is 0.462 e. The Hall–Kier alpha value is -2.33. The Kier molecular flexibility index (Phi) is 37.9. The van der Waals surface area contributed by atoms with Gasteiger partial charge in [0.1, 0.15) is 6.61 Å². The minimum absolute atomic E-state index is 0.0169. The Morgan fingerprint density at radius 3 is 1.55 bits per heavy atom. The molecule has 0 aromatic carbocycles. The second kappa shape index (κ2) is 39.5. The van der Waals surface area contributed by atoms with E-state index < -0.39 is 51.3 Å². The largest absolute Gasteiger partial charge is 0.469 e. The third-order valence-electron chi connectivity index (χ3n) is 9.22. The van der Waals surface area contributed by atoms with Gasteiger partial charge in [-0.1, -0.05) is 171 Å². The molecule has 0 unspecified atom stereocenters. The Labute approximate surface area is 340 Å². The summed E-state index contributed by atoms with van der Waals surface area (Å²) in [5.74, 6) is -1.12. The number of aliphatic hydroxyl groups excluding tert-OH is 2. The van der Waals surface area contributed by atoms with Crippen LogP contribution in [0, 0.1) is 0 Å². The van der Waals surface area contributed by atoms with Gasteiger partial charge in [0.05, 0.1) is 18.8 Å². The molecule has 0 rings (SSSR count). The molecule has 0 amide bonds. The number of ether oxygens (including phenoxy) is 2. The van der Waals surface area contributed by atoms with E-state index in [4.69, 9.17) is 19.3 Å². The van der Waals surface area contributed by atoms with E-state index >= 15 is 0 Å². The van der Waals surface area contributed by atoms with Crippen LogP contribution in [-0.4, -0.2) is 63.5 Å². The fourth-order valence-corrected chi connectivity index (χ4v) is 6.24. The van der Waals surface area contributed by atoms with Gasteiger partial charge in [0, 0.05) is 12.8 Å². The molecular weight excluding hydrogens is 731 g/mol.